The summed E-state index contributed by atoms with van der Waals surface area (Å²) in [6, 6.07) is 0.362. The molecule has 0 saturated heterocycles. The number of hydrogen-bond donors (Lipinski definition) is 1. The van der Waals surface area contributed by atoms with E-state index in [0.29, 0.717) is 6.04 Å². The molecular formula is C9H12IN3. The molecule has 0 spiro atoms. The van der Waals surface area contributed by atoms with Crippen LogP contribution in [0.4, 0.5) is 5.82 Å². The van der Waals surface area contributed by atoms with E-state index in [9.17, 15) is 0 Å². The van der Waals surface area contributed by atoms with Gasteiger partial charge in [0.15, 0.2) is 0 Å². The summed E-state index contributed by atoms with van der Waals surface area (Å²) in [5.74, 6) is 0.893. The van der Waals surface area contributed by atoms with Gasteiger partial charge in [-0.2, -0.15) is 0 Å². The molecule has 0 radical (unpaired) electrons. The quantitative estimate of drug-likeness (QED) is 0.683. The fourth-order valence-electron chi connectivity index (χ4n) is 0.961. The summed E-state index contributed by atoms with van der Waals surface area (Å²) in [5, 5.41) is 3.28. The minimum Gasteiger partial charge on any atom is -0.366 e. The molecule has 70 valence electrons. The first kappa shape index (κ1) is 10.4. The van der Waals surface area contributed by atoms with Crippen molar-refractivity contribution in [2.45, 2.75) is 19.4 Å². The van der Waals surface area contributed by atoms with Crippen molar-refractivity contribution in [1.29, 1.82) is 0 Å². The van der Waals surface area contributed by atoms with Gasteiger partial charge in [0.1, 0.15) is 12.1 Å². The first-order chi connectivity index (χ1) is 6.24. The molecule has 1 heterocycles. The van der Waals surface area contributed by atoms with E-state index in [1.165, 1.54) is 0 Å². The van der Waals surface area contributed by atoms with Crippen LogP contribution in [0.25, 0.3) is 0 Å². The summed E-state index contributed by atoms with van der Waals surface area (Å²) >= 11 is 2.21. The van der Waals surface area contributed by atoms with Gasteiger partial charge in [0, 0.05) is 12.2 Å². The van der Waals surface area contributed by atoms with Gasteiger partial charge in [-0.3, -0.25) is 0 Å². The first-order valence-electron chi connectivity index (χ1n) is 4.07. The molecule has 1 N–H and O–H groups in total. The van der Waals surface area contributed by atoms with Crippen LogP contribution in [0.5, 0.6) is 0 Å². The average molecular weight is 289 g/mol. The van der Waals surface area contributed by atoms with Gasteiger partial charge in [-0.1, -0.05) is 6.08 Å². The van der Waals surface area contributed by atoms with Crippen molar-refractivity contribution >= 4 is 28.4 Å². The number of hydrogen-bond acceptors (Lipinski definition) is 3. The smallest absolute Gasteiger partial charge is 0.143 e. The van der Waals surface area contributed by atoms with E-state index in [1.54, 1.807) is 12.5 Å². The lowest BCUT2D eigenvalue weighted by atomic mass is 10.2. The largest absolute Gasteiger partial charge is 0.366 e. The van der Waals surface area contributed by atoms with Crippen molar-refractivity contribution in [2.75, 3.05) is 5.32 Å². The normalized spacial score (nSPS) is 12.2. The molecule has 0 saturated carbocycles. The summed E-state index contributed by atoms with van der Waals surface area (Å²) < 4.78 is 1.04. The number of aromatic nitrogens is 2. The van der Waals surface area contributed by atoms with Gasteiger partial charge in [-0.15, -0.1) is 6.58 Å². The standard InChI is InChI=1S/C9H12IN3/c1-3-4-7(2)13-9-8(10)5-11-6-12-9/h3,5-7H,1,4H2,2H3,(H,11,12,13). The van der Waals surface area contributed by atoms with E-state index in [-0.39, 0.29) is 0 Å². The van der Waals surface area contributed by atoms with Crippen molar-refractivity contribution in [3.63, 3.8) is 0 Å². The third-order valence-electron chi connectivity index (χ3n) is 1.57. The lowest BCUT2D eigenvalue weighted by molar-refractivity contribution is 0.804. The number of nitrogens with zero attached hydrogens (tertiary/aromatic N) is 2. The molecule has 1 atom stereocenters. The maximum absolute atomic E-state index is 4.14. The van der Waals surface area contributed by atoms with Crippen LogP contribution in [0.2, 0.25) is 0 Å². The Morgan fingerprint density at radius 1 is 1.77 bits per heavy atom. The molecule has 0 aromatic carbocycles. The van der Waals surface area contributed by atoms with Crippen LogP contribution in [0.1, 0.15) is 13.3 Å². The van der Waals surface area contributed by atoms with E-state index in [0.717, 1.165) is 15.8 Å². The fraction of sp³-hybridized carbons (Fsp3) is 0.333. The minimum absolute atomic E-state index is 0.362. The van der Waals surface area contributed by atoms with E-state index in [2.05, 4.69) is 51.4 Å². The second kappa shape index (κ2) is 5.16. The molecule has 1 unspecified atom stereocenters. The fourth-order valence-corrected chi connectivity index (χ4v) is 1.42. The van der Waals surface area contributed by atoms with Crippen molar-refractivity contribution < 1.29 is 0 Å². The number of rotatable bonds is 4. The molecule has 1 aromatic rings. The Hall–Kier alpha value is -0.650. The topological polar surface area (TPSA) is 37.8 Å². The molecule has 0 aliphatic heterocycles. The van der Waals surface area contributed by atoms with Crippen LogP contribution in [-0.2, 0) is 0 Å². The lowest BCUT2D eigenvalue weighted by Gasteiger charge is -2.12. The molecular weight excluding hydrogens is 277 g/mol. The zero-order valence-electron chi connectivity index (χ0n) is 7.50. The average Bonchev–Trinajstić information content (AvgIpc) is 2.09. The zero-order chi connectivity index (χ0) is 9.68. The van der Waals surface area contributed by atoms with E-state index < -0.39 is 0 Å². The van der Waals surface area contributed by atoms with Gasteiger partial charge in [0.2, 0.25) is 0 Å². The Balaban J connectivity index is 2.63. The molecule has 0 aliphatic rings. The molecule has 1 aromatic heterocycles. The molecule has 1 rings (SSSR count). The zero-order valence-corrected chi connectivity index (χ0v) is 9.65. The van der Waals surface area contributed by atoms with E-state index in [1.807, 2.05) is 6.08 Å². The van der Waals surface area contributed by atoms with Gasteiger partial charge in [0.25, 0.3) is 0 Å². The Morgan fingerprint density at radius 3 is 3.15 bits per heavy atom. The maximum atomic E-state index is 4.14. The monoisotopic (exact) mass is 289 g/mol. The van der Waals surface area contributed by atoms with Crippen LogP contribution in [0, 0.1) is 3.57 Å². The SMILES string of the molecule is C=CCC(C)Nc1ncncc1I. The van der Waals surface area contributed by atoms with Crippen LogP contribution < -0.4 is 5.32 Å². The summed E-state index contributed by atoms with van der Waals surface area (Å²) in [5.41, 5.74) is 0. The highest BCUT2D eigenvalue weighted by molar-refractivity contribution is 14.1. The van der Waals surface area contributed by atoms with Gasteiger partial charge >= 0.3 is 0 Å². The predicted molar refractivity (Wildman–Crippen MR) is 62.6 cm³/mol. The maximum Gasteiger partial charge on any atom is 0.143 e. The van der Waals surface area contributed by atoms with Crippen LogP contribution in [0.15, 0.2) is 25.2 Å². The first-order valence-corrected chi connectivity index (χ1v) is 5.15. The van der Waals surface area contributed by atoms with Gasteiger partial charge in [-0.25, -0.2) is 9.97 Å². The highest BCUT2D eigenvalue weighted by atomic mass is 127. The number of anilines is 1. The molecule has 0 bridgehead atoms. The Labute approximate surface area is 91.8 Å². The minimum atomic E-state index is 0.362. The van der Waals surface area contributed by atoms with Gasteiger partial charge in [-0.05, 0) is 35.9 Å². The van der Waals surface area contributed by atoms with Crippen LogP contribution in [-0.4, -0.2) is 16.0 Å². The summed E-state index contributed by atoms with van der Waals surface area (Å²) in [6.45, 7) is 5.79. The highest BCUT2D eigenvalue weighted by Crippen LogP contribution is 2.14. The lowest BCUT2D eigenvalue weighted by Crippen LogP contribution is -2.15. The van der Waals surface area contributed by atoms with Crippen molar-refractivity contribution in [3.8, 4) is 0 Å². The second-order valence-electron chi connectivity index (χ2n) is 2.79. The second-order valence-corrected chi connectivity index (χ2v) is 3.95. The van der Waals surface area contributed by atoms with E-state index in [4.69, 9.17) is 0 Å². The molecule has 13 heavy (non-hydrogen) atoms. The third-order valence-corrected chi connectivity index (χ3v) is 2.36. The van der Waals surface area contributed by atoms with Crippen LogP contribution in [0.3, 0.4) is 0 Å². The molecule has 0 aliphatic carbocycles. The van der Waals surface area contributed by atoms with Crippen molar-refractivity contribution in [2.24, 2.45) is 0 Å². The van der Waals surface area contributed by atoms with Crippen molar-refractivity contribution in [3.05, 3.63) is 28.7 Å². The highest BCUT2D eigenvalue weighted by Gasteiger charge is 2.03. The Bertz CT molecular complexity index is 288. The molecule has 0 fully saturated rings. The number of nitrogens with one attached hydrogen (secondary N) is 1. The summed E-state index contributed by atoms with van der Waals surface area (Å²) in [7, 11) is 0. The molecule has 4 heteroatoms. The number of halogens is 1. The Kier molecular flexibility index (Phi) is 4.14. The van der Waals surface area contributed by atoms with Gasteiger partial charge in [0.05, 0.1) is 3.57 Å². The predicted octanol–water partition coefficient (Wildman–Crippen LogP) is 2.46. The van der Waals surface area contributed by atoms with Crippen LogP contribution >= 0.6 is 22.6 Å². The summed E-state index contributed by atoms with van der Waals surface area (Å²) in [6.07, 6.45) is 6.16. The third kappa shape index (κ3) is 3.30. The molecule has 0 amide bonds. The van der Waals surface area contributed by atoms with E-state index >= 15 is 0 Å². The Morgan fingerprint density at radius 2 is 2.54 bits per heavy atom. The van der Waals surface area contributed by atoms with Gasteiger partial charge < -0.3 is 5.32 Å². The van der Waals surface area contributed by atoms with Crippen molar-refractivity contribution in [1.82, 2.24) is 9.97 Å². The molecule has 3 nitrogen and oxygen atoms in total. The summed E-state index contributed by atoms with van der Waals surface area (Å²) in [4.78, 5) is 8.06.